The summed E-state index contributed by atoms with van der Waals surface area (Å²) in [6.07, 6.45) is 0.313. The van der Waals surface area contributed by atoms with E-state index in [1.54, 1.807) is 24.3 Å². The third-order valence-corrected chi connectivity index (χ3v) is 4.17. The molecule has 0 bridgehead atoms. The van der Waals surface area contributed by atoms with Crippen molar-refractivity contribution in [2.24, 2.45) is 0 Å². The summed E-state index contributed by atoms with van der Waals surface area (Å²) in [6.45, 7) is 0.520. The summed E-state index contributed by atoms with van der Waals surface area (Å²) in [7, 11) is -1.71. The smallest absolute Gasteiger partial charge is 0.381 e. The monoisotopic (exact) mass is 337 g/mol. The number of carbonyl (C=O) groups excluding carboxylic acids is 1. The van der Waals surface area contributed by atoms with E-state index in [1.165, 1.54) is 0 Å². The Morgan fingerprint density at radius 2 is 1.85 bits per heavy atom. The first kappa shape index (κ1) is 17.2. The van der Waals surface area contributed by atoms with Gasteiger partial charge in [-0.3, -0.25) is 4.79 Å². The lowest BCUT2D eigenvalue weighted by Crippen LogP contribution is -2.11. The first-order valence-corrected chi connectivity index (χ1v) is 8.64. The van der Waals surface area contributed by atoms with Crippen molar-refractivity contribution < 1.29 is 18.8 Å². The zero-order valence-corrected chi connectivity index (χ0v) is 13.3. The highest BCUT2D eigenvalue weighted by Crippen LogP contribution is 2.27. The molecule has 0 saturated heterocycles. The lowest BCUT2D eigenvalue weighted by Gasteiger charge is -2.03. The largest absolute Gasteiger partial charge is 0.488 e. The van der Waals surface area contributed by atoms with Gasteiger partial charge in [0.1, 0.15) is 13.2 Å². The van der Waals surface area contributed by atoms with Crippen molar-refractivity contribution in [1.29, 1.82) is 0 Å². The van der Waals surface area contributed by atoms with Crippen LogP contribution in [0.5, 0.6) is 5.75 Å². The first-order chi connectivity index (χ1) is 9.69. The third-order valence-electron chi connectivity index (χ3n) is 2.33. The van der Waals surface area contributed by atoms with Crippen LogP contribution in [0.1, 0.15) is 6.42 Å². The van der Waals surface area contributed by atoms with Gasteiger partial charge in [-0.2, -0.15) is 0 Å². The second-order valence-corrected chi connectivity index (χ2v) is 6.21. The molecule has 1 aromatic rings. The molecular weight excluding hydrogens is 322 g/mol. The van der Waals surface area contributed by atoms with E-state index in [0.717, 1.165) is 0 Å². The predicted molar refractivity (Wildman–Crippen MR) is 81.1 cm³/mol. The fourth-order valence-corrected chi connectivity index (χ4v) is 2.89. The molecular formula is C13H16Cl2O4P+. The van der Waals surface area contributed by atoms with E-state index in [2.05, 4.69) is 0 Å². The van der Waals surface area contributed by atoms with Gasteiger partial charge in [0.2, 0.25) is 5.30 Å². The molecule has 0 heterocycles. The molecule has 0 saturated carbocycles. The molecule has 0 aliphatic rings. The minimum Gasteiger partial charge on any atom is -0.488 e. The zero-order valence-electron chi connectivity index (χ0n) is 10.9. The van der Waals surface area contributed by atoms with Crippen LogP contribution in [-0.2, 0) is 14.1 Å². The number of halogens is 2. The van der Waals surface area contributed by atoms with Crippen molar-refractivity contribution in [2.75, 3.05) is 31.1 Å². The van der Waals surface area contributed by atoms with Gasteiger partial charge in [-0.15, -0.1) is 23.2 Å². The van der Waals surface area contributed by atoms with Crippen LogP contribution in [0.4, 0.5) is 0 Å². The Labute approximate surface area is 129 Å². The lowest BCUT2D eigenvalue weighted by molar-refractivity contribution is -0.142. The van der Waals surface area contributed by atoms with E-state index in [9.17, 15) is 9.36 Å². The Hall–Kier alpha value is -0.830. The predicted octanol–water partition coefficient (Wildman–Crippen LogP) is 2.93. The average molecular weight is 338 g/mol. The number of carbonyl (C=O) groups is 1. The summed E-state index contributed by atoms with van der Waals surface area (Å²) in [5, 5.41) is 0.595. The van der Waals surface area contributed by atoms with Crippen molar-refractivity contribution in [1.82, 2.24) is 0 Å². The number of benzene rings is 1. The molecule has 0 N–H and O–H groups in total. The second kappa shape index (κ2) is 9.98. The van der Waals surface area contributed by atoms with E-state index in [0.29, 0.717) is 23.5 Å². The summed E-state index contributed by atoms with van der Waals surface area (Å²) >= 11 is 11.0. The van der Waals surface area contributed by atoms with Crippen LogP contribution < -0.4 is 10.0 Å². The highest BCUT2D eigenvalue weighted by molar-refractivity contribution is 7.53. The molecule has 7 heteroatoms. The van der Waals surface area contributed by atoms with Crippen molar-refractivity contribution in [3.05, 3.63) is 24.3 Å². The average Bonchev–Trinajstić information content (AvgIpc) is 2.48. The van der Waals surface area contributed by atoms with E-state index in [4.69, 9.17) is 32.7 Å². The maximum absolute atomic E-state index is 12.2. The lowest BCUT2D eigenvalue weighted by atomic mass is 10.3. The highest BCUT2D eigenvalue weighted by atomic mass is 35.5. The number of ether oxygens (including phenoxy) is 2. The van der Waals surface area contributed by atoms with Gasteiger partial charge in [-0.1, -0.05) is 16.7 Å². The van der Waals surface area contributed by atoms with Crippen LogP contribution in [0.3, 0.4) is 0 Å². The number of hydrogen-bond acceptors (Lipinski definition) is 4. The molecule has 1 aromatic carbocycles. The minimum atomic E-state index is -1.71. The van der Waals surface area contributed by atoms with Gasteiger partial charge >= 0.3 is 13.8 Å². The number of esters is 1. The number of para-hydroxylation sites is 1. The van der Waals surface area contributed by atoms with E-state index in [1.807, 2.05) is 0 Å². The first-order valence-electron chi connectivity index (χ1n) is 6.13. The molecule has 0 radical (unpaired) electrons. The van der Waals surface area contributed by atoms with Crippen molar-refractivity contribution in [3.63, 3.8) is 0 Å². The Bertz CT molecular complexity index is 454. The van der Waals surface area contributed by atoms with Gasteiger partial charge < -0.3 is 9.47 Å². The molecule has 110 valence electrons. The Morgan fingerprint density at radius 1 is 1.15 bits per heavy atom. The summed E-state index contributed by atoms with van der Waals surface area (Å²) < 4.78 is 22.5. The molecule has 0 aliphatic carbocycles. The van der Waals surface area contributed by atoms with Gasteiger partial charge in [0.25, 0.3) is 0 Å². The van der Waals surface area contributed by atoms with Crippen LogP contribution in [0.25, 0.3) is 0 Å². The van der Waals surface area contributed by atoms with Crippen molar-refractivity contribution in [3.8, 4) is 5.75 Å². The molecule has 0 spiro atoms. The molecule has 0 amide bonds. The number of hydrogen-bond donors (Lipinski definition) is 0. The molecule has 1 unspecified atom stereocenters. The topological polar surface area (TPSA) is 52.6 Å². The highest BCUT2D eigenvalue weighted by Gasteiger charge is 2.25. The van der Waals surface area contributed by atoms with Gasteiger partial charge in [0.05, 0.1) is 18.2 Å². The van der Waals surface area contributed by atoms with Gasteiger partial charge in [0, 0.05) is 0 Å². The molecule has 4 nitrogen and oxygen atoms in total. The maximum atomic E-state index is 12.2. The quantitative estimate of drug-likeness (QED) is 0.395. The number of rotatable bonds is 9. The zero-order chi connectivity index (χ0) is 14.8. The van der Waals surface area contributed by atoms with Crippen LogP contribution in [0.15, 0.2) is 24.3 Å². The van der Waals surface area contributed by atoms with Gasteiger partial charge in [-0.05, 0) is 12.1 Å². The van der Waals surface area contributed by atoms with Crippen molar-refractivity contribution in [2.45, 2.75) is 6.42 Å². The van der Waals surface area contributed by atoms with Gasteiger partial charge in [-0.25, -0.2) is 0 Å². The van der Waals surface area contributed by atoms with E-state index >= 15 is 0 Å². The summed E-state index contributed by atoms with van der Waals surface area (Å²) in [6, 6.07) is 7.04. The molecule has 20 heavy (non-hydrogen) atoms. The van der Waals surface area contributed by atoms with E-state index in [-0.39, 0.29) is 25.1 Å². The normalized spacial score (nSPS) is 11.0. The number of alkyl halides is 2. The van der Waals surface area contributed by atoms with Crippen LogP contribution in [0, 0.1) is 0 Å². The van der Waals surface area contributed by atoms with E-state index < -0.39 is 13.8 Å². The fourth-order valence-electron chi connectivity index (χ4n) is 1.47. The summed E-state index contributed by atoms with van der Waals surface area (Å²) in [4.78, 5) is 11.3. The second-order valence-electron chi connectivity index (χ2n) is 3.77. The summed E-state index contributed by atoms with van der Waals surface area (Å²) in [5.41, 5.74) is 0. The van der Waals surface area contributed by atoms with Crippen LogP contribution in [0.2, 0.25) is 0 Å². The van der Waals surface area contributed by atoms with Crippen LogP contribution >= 0.6 is 31.0 Å². The van der Waals surface area contributed by atoms with Crippen molar-refractivity contribution >= 4 is 42.3 Å². The molecule has 0 aliphatic heterocycles. The molecule has 0 fully saturated rings. The third kappa shape index (κ3) is 6.08. The molecule has 0 aromatic heterocycles. The standard InChI is InChI=1S/C13H16Cl2O4P/c14-6-8-18-11-3-1-2-4-12(11)20(17)10-5-13(16)19-9-7-15/h1-4H,5-10H2/q+1. The molecule has 1 atom stereocenters. The minimum absolute atomic E-state index is 0.0932. The SMILES string of the molecule is O=C(CC[P+](=O)c1ccccc1OCCCl)OCCCl. The van der Waals surface area contributed by atoms with Crippen LogP contribution in [-0.4, -0.2) is 37.1 Å². The summed E-state index contributed by atoms with van der Waals surface area (Å²) in [5.74, 6) is 0.764. The van der Waals surface area contributed by atoms with Gasteiger partial charge in [0.15, 0.2) is 11.9 Å². The maximum Gasteiger partial charge on any atom is 0.381 e. The fraction of sp³-hybridized carbons (Fsp3) is 0.462. The Morgan fingerprint density at radius 3 is 2.55 bits per heavy atom. The Kier molecular flexibility index (Phi) is 8.59. The molecule has 1 rings (SSSR count). The Balaban J connectivity index is 2.56.